The zero-order chi connectivity index (χ0) is 18.7. The topological polar surface area (TPSA) is 81.2 Å². The summed E-state index contributed by atoms with van der Waals surface area (Å²) >= 11 is 0. The Bertz CT molecular complexity index is 745. The summed E-state index contributed by atoms with van der Waals surface area (Å²) in [5.74, 6) is -1.26. The van der Waals surface area contributed by atoms with Gasteiger partial charge >= 0.3 is 5.97 Å². The van der Waals surface area contributed by atoms with Crippen LogP contribution in [0.5, 0.6) is 0 Å². The largest absolute Gasteiger partial charge is 0.481 e. The molecule has 1 aromatic carbocycles. The summed E-state index contributed by atoms with van der Waals surface area (Å²) in [5.41, 5.74) is 2.36. The van der Waals surface area contributed by atoms with Crippen LogP contribution in [0, 0.1) is 12.8 Å². The quantitative estimate of drug-likeness (QED) is 0.856. The van der Waals surface area contributed by atoms with Crippen molar-refractivity contribution < 1.29 is 18.3 Å². The van der Waals surface area contributed by atoms with E-state index in [0.717, 1.165) is 18.7 Å². The summed E-state index contributed by atoms with van der Waals surface area (Å²) in [6, 6.07) is 8.17. The van der Waals surface area contributed by atoms with Gasteiger partial charge in [0.1, 0.15) is 0 Å². The zero-order valence-corrected chi connectivity index (χ0v) is 16.0. The van der Waals surface area contributed by atoms with E-state index >= 15 is 0 Å². The second-order valence-corrected chi connectivity index (χ2v) is 8.97. The normalized spacial score (nSPS) is 21.5. The summed E-state index contributed by atoms with van der Waals surface area (Å²) in [4.78, 5) is 13.3. The van der Waals surface area contributed by atoms with Gasteiger partial charge in [-0.05, 0) is 37.8 Å². The van der Waals surface area contributed by atoms with Crippen molar-refractivity contribution in [2.24, 2.45) is 5.92 Å². The highest BCUT2D eigenvalue weighted by Crippen LogP contribution is 2.24. The van der Waals surface area contributed by atoms with Crippen LogP contribution in [-0.4, -0.2) is 67.4 Å². The monoisotopic (exact) mass is 381 g/mol. The SMILES string of the molecule is Cc1ccccc1N1CCCN(S(=O)(=O)N2CCC(C(=O)O)CC2)CC1. The molecule has 0 bridgehead atoms. The lowest BCUT2D eigenvalue weighted by molar-refractivity contribution is -0.142. The van der Waals surface area contributed by atoms with E-state index < -0.39 is 22.1 Å². The van der Waals surface area contributed by atoms with Gasteiger partial charge < -0.3 is 10.0 Å². The van der Waals surface area contributed by atoms with Gasteiger partial charge in [-0.3, -0.25) is 4.79 Å². The summed E-state index contributed by atoms with van der Waals surface area (Å²) in [6.45, 7) is 5.10. The maximum Gasteiger partial charge on any atom is 0.306 e. The number of carbonyl (C=O) groups is 1. The van der Waals surface area contributed by atoms with Gasteiger partial charge in [-0.2, -0.15) is 17.0 Å². The molecule has 1 N–H and O–H groups in total. The van der Waals surface area contributed by atoms with Gasteiger partial charge in [0.25, 0.3) is 10.2 Å². The highest BCUT2D eigenvalue weighted by Gasteiger charge is 2.35. The molecule has 0 aliphatic carbocycles. The average molecular weight is 381 g/mol. The predicted molar refractivity (Wildman–Crippen MR) is 100 cm³/mol. The predicted octanol–water partition coefficient (Wildman–Crippen LogP) is 1.55. The van der Waals surface area contributed by atoms with Crippen LogP contribution in [-0.2, 0) is 15.0 Å². The number of rotatable bonds is 4. The van der Waals surface area contributed by atoms with Crippen LogP contribution < -0.4 is 4.90 Å². The fraction of sp³-hybridized carbons (Fsp3) is 0.611. The minimum atomic E-state index is -3.53. The lowest BCUT2D eigenvalue weighted by Crippen LogP contribution is -2.48. The fourth-order valence-electron chi connectivity index (χ4n) is 3.78. The van der Waals surface area contributed by atoms with Crippen LogP contribution in [0.25, 0.3) is 0 Å². The van der Waals surface area contributed by atoms with Gasteiger partial charge in [-0.25, -0.2) is 0 Å². The van der Waals surface area contributed by atoms with Crippen molar-refractivity contribution >= 4 is 21.9 Å². The third-order valence-corrected chi connectivity index (χ3v) is 7.40. The number of aryl methyl sites for hydroxylation is 1. The number of aliphatic carboxylic acids is 1. The molecule has 2 fully saturated rings. The van der Waals surface area contributed by atoms with Gasteiger partial charge in [0.15, 0.2) is 0 Å². The van der Waals surface area contributed by atoms with Crippen molar-refractivity contribution in [3.63, 3.8) is 0 Å². The highest BCUT2D eigenvalue weighted by molar-refractivity contribution is 7.86. The first-order chi connectivity index (χ1) is 12.4. The molecular weight excluding hydrogens is 354 g/mol. The molecular formula is C18H27N3O4S. The number of carboxylic acids is 1. The van der Waals surface area contributed by atoms with E-state index in [9.17, 15) is 13.2 Å². The summed E-state index contributed by atoms with van der Waals surface area (Å²) in [6.07, 6.45) is 1.55. The number of hydrogen-bond acceptors (Lipinski definition) is 4. The molecule has 8 heteroatoms. The third kappa shape index (κ3) is 4.02. The number of anilines is 1. The molecule has 0 amide bonds. The molecule has 0 atom stereocenters. The van der Waals surface area contributed by atoms with Crippen molar-refractivity contribution in [3.05, 3.63) is 29.8 Å². The summed E-state index contributed by atoms with van der Waals surface area (Å²) < 4.78 is 28.9. The van der Waals surface area contributed by atoms with Gasteiger partial charge in [0.05, 0.1) is 5.92 Å². The number of benzene rings is 1. The Balaban J connectivity index is 1.65. The molecule has 0 radical (unpaired) electrons. The number of para-hydroxylation sites is 1. The van der Waals surface area contributed by atoms with E-state index in [2.05, 4.69) is 24.0 Å². The van der Waals surface area contributed by atoms with E-state index in [1.165, 1.54) is 9.87 Å². The lowest BCUT2D eigenvalue weighted by atomic mass is 9.99. The number of piperidine rings is 1. The Labute approximate surface area is 155 Å². The fourth-order valence-corrected chi connectivity index (χ4v) is 5.45. The average Bonchev–Trinajstić information content (AvgIpc) is 2.89. The molecule has 0 saturated carbocycles. The first-order valence-corrected chi connectivity index (χ1v) is 10.6. The van der Waals surface area contributed by atoms with Crippen LogP contribution in [0.1, 0.15) is 24.8 Å². The maximum atomic E-state index is 13.0. The molecule has 26 heavy (non-hydrogen) atoms. The smallest absolute Gasteiger partial charge is 0.306 e. The Kier molecular flexibility index (Phi) is 5.84. The van der Waals surface area contributed by atoms with Gasteiger partial charge in [0.2, 0.25) is 0 Å². The molecule has 0 aromatic heterocycles. The standard InChI is InChI=1S/C18H27N3O4S/c1-15-5-2-3-6-17(15)19-9-4-10-20(14-13-19)26(24,25)21-11-7-16(8-12-21)18(22)23/h2-3,5-6,16H,4,7-14H2,1H3,(H,22,23). The van der Waals surface area contributed by atoms with Crippen LogP contribution >= 0.6 is 0 Å². The number of hydrogen-bond donors (Lipinski definition) is 1. The second kappa shape index (κ2) is 7.94. The first kappa shape index (κ1) is 19.1. The molecule has 2 aliphatic heterocycles. The Morgan fingerprint density at radius 1 is 1.00 bits per heavy atom. The molecule has 3 rings (SSSR count). The highest BCUT2D eigenvalue weighted by atomic mass is 32.2. The van der Waals surface area contributed by atoms with Crippen LogP contribution in [0.4, 0.5) is 5.69 Å². The molecule has 2 heterocycles. The van der Waals surface area contributed by atoms with Crippen molar-refractivity contribution in [2.45, 2.75) is 26.2 Å². The Morgan fingerprint density at radius 2 is 1.65 bits per heavy atom. The van der Waals surface area contributed by atoms with Crippen LogP contribution in [0.15, 0.2) is 24.3 Å². The number of nitrogens with zero attached hydrogens (tertiary/aromatic N) is 3. The maximum absolute atomic E-state index is 13.0. The minimum Gasteiger partial charge on any atom is -0.481 e. The van der Waals surface area contributed by atoms with Crippen molar-refractivity contribution in [1.82, 2.24) is 8.61 Å². The summed E-state index contributed by atoms with van der Waals surface area (Å²) in [7, 11) is -3.53. The van der Waals surface area contributed by atoms with E-state index in [0.29, 0.717) is 32.5 Å². The first-order valence-electron chi connectivity index (χ1n) is 9.18. The molecule has 2 aliphatic rings. The Morgan fingerprint density at radius 3 is 2.31 bits per heavy atom. The molecule has 0 spiro atoms. The van der Waals surface area contributed by atoms with E-state index in [-0.39, 0.29) is 13.1 Å². The minimum absolute atomic E-state index is 0.289. The number of carboxylic acid groups (broad SMARTS) is 1. The zero-order valence-electron chi connectivity index (χ0n) is 15.2. The van der Waals surface area contributed by atoms with Crippen molar-refractivity contribution in [1.29, 1.82) is 0 Å². The van der Waals surface area contributed by atoms with Crippen molar-refractivity contribution in [2.75, 3.05) is 44.2 Å². The van der Waals surface area contributed by atoms with Crippen molar-refractivity contribution in [3.8, 4) is 0 Å². The van der Waals surface area contributed by atoms with Gasteiger partial charge in [-0.15, -0.1) is 0 Å². The molecule has 2 saturated heterocycles. The molecule has 0 unspecified atom stereocenters. The van der Waals surface area contributed by atoms with E-state index in [1.54, 1.807) is 4.31 Å². The van der Waals surface area contributed by atoms with Gasteiger partial charge in [-0.1, -0.05) is 18.2 Å². The van der Waals surface area contributed by atoms with Crippen LogP contribution in [0.3, 0.4) is 0 Å². The van der Waals surface area contributed by atoms with E-state index in [1.807, 2.05) is 12.1 Å². The second-order valence-electron chi connectivity index (χ2n) is 7.05. The molecule has 144 valence electrons. The molecule has 1 aromatic rings. The Hall–Kier alpha value is -1.64. The molecule has 7 nitrogen and oxygen atoms in total. The van der Waals surface area contributed by atoms with E-state index in [4.69, 9.17) is 5.11 Å². The summed E-state index contributed by atoms with van der Waals surface area (Å²) in [5, 5.41) is 9.09. The lowest BCUT2D eigenvalue weighted by Gasteiger charge is -2.33. The third-order valence-electron chi connectivity index (χ3n) is 5.37. The van der Waals surface area contributed by atoms with Crippen LogP contribution in [0.2, 0.25) is 0 Å². The van der Waals surface area contributed by atoms with Gasteiger partial charge in [0, 0.05) is 45.0 Å².